The first-order valence-electron chi connectivity index (χ1n) is 5.77. The Balaban J connectivity index is 1.98. The van der Waals surface area contributed by atoms with E-state index in [2.05, 4.69) is 36.5 Å². The van der Waals surface area contributed by atoms with E-state index in [4.69, 9.17) is 5.73 Å². The van der Waals surface area contributed by atoms with Crippen LogP contribution in [0.5, 0.6) is 0 Å². The van der Waals surface area contributed by atoms with Gasteiger partial charge in [0.25, 0.3) is 0 Å². The van der Waals surface area contributed by atoms with Gasteiger partial charge >= 0.3 is 6.03 Å². The number of amides is 2. The molecule has 0 radical (unpaired) electrons. The molecular formula is C13H18N2O. The van der Waals surface area contributed by atoms with Gasteiger partial charge in [0.15, 0.2) is 0 Å². The summed E-state index contributed by atoms with van der Waals surface area (Å²) in [7, 11) is 0. The van der Waals surface area contributed by atoms with E-state index in [-0.39, 0.29) is 6.04 Å². The van der Waals surface area contributed by atoms with E-state index in [0.717, 1.165) is 19.3 Å². The van der Waals surface area contributed by atoms with Crippen molar-refractivity contribution in [1.29, 1.82) is 0 Å². The first-order chi connectivity index (χ1) is 7.65. The lowest BCUT2D eigenvalue weighted by Crippen LogP contribution is -2.36. The van der Waals surface area contributed by atoms with E-state index >= 15 is 0 Å². The van der Waals surface area contributed by atoms with Gasteiger partial charge in [-0.2, -0.15) is 0 Å². The summed E-state index contributed by atoms with van der Waals surface area (Å²) < 4.78 is 0. The molecule has 0 heterocycles. The third-order valence-electron chi connectivity index (χ3n) is 3.33. The van der Waals surface area contributed by atoms with Crippen LogP contribution in [0.15, 0.2) is 24.3 Å². The van der Waals surface area contributed by atoms with Gasteiger partial charge in [-0.1, -0.05) is 29.8 Å². The second-order valence-electron chi connectivity index (χ2n) is 4.63. The molecule has 1 fully saturated rings. The first-order valence-corrected chi connectivity index (χ1v) is 5.77. The standard InChI is InChI=1S/C13H18N2O/c1-9-2-4-10(5-3-9)11-6-7-12(8-11)15-13(14)16/h2-5,11-12H,6-8H2,1H3,(H3,14,15,16)/t11?,12-/m0/s1. The predicted octanol–water partition coefficient (Wildman–Crippen LogP) is 2.30. The lowest BCUT2D eigenvalue weighted by molar-refractivity contribution is 0.245. The quantitative estimate of drug-likeness (QED) is 0.786. The van der Waals surface area contributed by atoms with Crippen molar-refractivity contribution in [3.05, 3.63) is 35.4 Å². The smallest absolute Gasteiger partial charge is 0.312 e. The summed E-state index contributed by atoms with van der Waals surface area (Å²) in [6.45, 7) is 2.09. The number of aryl methyl sites for hydroxylation is 1. The van der Waals surface area contributed by atoms with Crippen molar-refractivity contribution in [3.63, 3.8) is 0 Å². The summed E-state index contributed by atoms with van der Waals surface area (Å²) in [5.74, 6) is 0.567. The van der Waals surface area contributed by atoms with E-state index in [1.165, 1.54) is 11.1 Å². The van der Waals surface area contributed by atoms with Crippen molar-refractivity contribution in [1.82, 2.24) is 5.32 Å². The number of carbonyl (C=O) groups excluding carboxylic acids is 1. The zero-order chi connectivity index (χ0) is 11.5. The fraction of sp³-hybridized carbons (Fsp3) is 0.462. The Morgan fingerprint density at radius 2 is 2.00 bits per heavy atom. The second kappa shape index (κ2) is 4.56. The van der Waals surface area contributed by atoms with Crippen molar-refractivity contribution < 1.29 is 4.79 Å². The van der Waals surface area contributed by atoms with Gasteiger partial charge in [-0.15, -0.1) is 0 Å². The molecule has 0 bridgehead atoms. The topological polar surface area (TPSA) is 55.1 Å². The Morgan fingerprint density at radius 3 is 2.62 bits per heavy atom. The van der Waals surface area contributed by atoms with E-state index < -0.39 is 6.03 Å². The van der Waals surface area contributed by atoms with Crippen molar-refractivity contribution in [3.8, 4) is 0 Å². The number of hydrogen-bond acceptors (Lipinski definition) is 1. The van der Waals surface area contributed by atoms with Gasteiger partial charge in [0.1, 0.15) is 0 Å². The predicted molar refractivity (Wildman–Crippen MR) is 64.3 cm³/mol. The highest BCUT2D eigenvalue weighted by Crippen LogP contribution is 2.34. The maximum atomic E-state index is 10.8. The van der Waals surface area contributed by atoms with Gasteiger partial charge in [-0.25, -0.2) is 4.79 Å². The zero-order valence-corrected chi connectivity index (χ0v) is 9.57. The number of hydrogen-bond donors (Lipinski definition) is 2. The SMILES string of the molecule is Cc1ccc(C2CC[C@H](NC(N)=O)C2)cc1. The Hall–Kier alpha value is -1.51. The number of carbonyl (C=O) groups is 1. The minimum atomic E-state index is -0.408. The molecule has 1 aromatic carbocycles. The summed E-state index contributed by atoms with van der Waals surface area (Å²) in [6.07, 6.45) is 3.17. The number of rotatable bonds is 2. The van der Waals surface area contributed by atoms with Crippen LogP contribution in [0.1, 0.15) is 36.3 Å². The summed E-state index contributed by atoms with van der Waals surface area (Å²) in [6, 6.07) is 8.51. The first kappa shape index (κ1) is 11.0. The van der Waals surface area contributed by atoms with Gasteiger partial charge in [-0.3, -0.25) is 0 Å². The number of urea groups is 1. The zero-order valence-electron chi connectivity index (χ0n) is 9.57. The van der Waals surface area contributed by atoms with Gasteiger partial charge in [0.2, 0.25) is 0 Å². The molecule has 1 aliphatic rings. The molecule has 16 heavy (non-hydrogen) atoms. The van der Waals surface area contributed by atoms with Crippen LogP contribution < -0.4 is 11.1 Å². The highest BCUT2D eigenvalue weighted by Gasteiger charge is 2.26. The van der Waals surface area contributed by atoms with Crippen molar-refractivity contribution >= 4 is 6.03 Å². The van der Waals surface area contributed by atoms with Crippen LogP contribution in [-0.2, 0) is 0 Å². The largest absolute Gasteiger partial charge is 0.352 e. The van der Waals surface area contributed by atoms with Crippen molar-refractivity contribution in [2.45, 2.75) is 38.1 Å². The number of nitrogens with one attached hydrogen (secondary N) is 1. The maximum Gasteiger partial charge on any atom is 0.312 e. The van der Waals surface area contributed by atoms with E-state index in [9.17, 15) is 4.79 Å². The molecule has 86 valence electrons. The number of benzene rings is 1. The highest BCUT2D eigenvalue weighted by atomic mass is 16.2. The van der Waals surface area contributed by atoms with Crippen molar-refractivity contribution in [2.75, 3.05) is 0 Å². The lowest BCUT2D eigenvalue weighted by Gasteiger charge is -2.12. The normalized spacial score (nSPS) is 24.3. The maximum absolute atomic E-state index is 10.8. The number of primary amides is 1. The Bertz CT molecular complexity index is 372. The molecule has 3 heteroatoms. The minimum Gasteiger partial charge on any atom is -0.352 e. The van der Waals surface area contributed by atoms with Gasteiger partial charge < -0.3 is 11.1 Å². The Labute approximate surface area is 96.0 Å². The molecule has 2 atom stereocenters. The summed E-state index contributed by atoms with van der Waals surface area (Å²) in [4.78, 5) is 10.8. The Morgan fingerprint density at radius 1 is 1.31 bits per heavy atom. The third-order valence-corrected chi connectivity index (χ3v) is 3.33. The average Bonchev–Trinajstić information content (AvgIpc) is 2.66. The minimum absolute atomic E-state index is 0.254. The number of nitrogens with two attached hydrogens (primary N) is 1. The molecule has 2 amide bonds. The molecule has 0 spiro atoms. The monoisotopic (exact) mass is 218 g/mol. The fourth-order valence-corrected chi connectivity index (χ4v) is 2.46. The Kier molecular flexibility index (Phi) is 3.13. The second-order valence-corrected chi connectivity index (χ2v) is 4.63. The average molecular weight is 218 g/mol. The highest BCUT2D eigenvalue weighted by molar-refractivity contribution is 5.72. The van der Waals surface area contributed by atoms with Crippen LogP contribution in [0.25, 0.3) is 0 Å². The summed E-state index contributed by atoms with van der Waals surface area (Å²) >= 11 is 0. The molecule has 3 N–H and O–H groups in total. The molecule has 1 unspecified atom stereocenters. The van der Waals surface area contributed by atoms with E-state index in [1.54, 1.807) is 0 Å². The third kappa shape index (κ3) is 2.54. The van der Waals surface area contributed by atoms with Crippen LogP contribution in [0.3, 0.4) is 0 Å². The van der Waals surface area contributed by atoms with E-state index in [1.807, 2.05) is 0 Å². The molecule has 0 aliphatic heterocycles. The molecule has 2 rings (SSSR count). The van der Waals surface area contributed by atoms with Crippen LogP contribution in [-0.4, -0.2) is 12.1 Å². The molecule has 1 saturated carbocycles. The van der Waals surface area contributed by atoms with Crippen LogP contribution >= 0.6 is 0 Å². The molecular weight excluding hydrogens is 200 g/mol. The molecule has 3 nitrogen and oxygen atoms in total. The van der Waals surface area contributed by atoms with Gasteiger partial charge in [0.05, 0.1) is 0 Å². The van der Waals surface area contributed by atoms with Crippen LogP contribution in [0, 0.1) is 6.92 Å². The lowest BCUT2D eigenvalue weighted by atomic mass is 9.96. The molecule has 1 aromatic rings. The summed E-state index contributed by atoms with van der Waals surface area (Å²) in [5.41, 5.74) is 7.79. The van der Waals surface area contributed by atoms with Gasteiger partial charge in [-0.05, 0) is 37.7 Å². The fourth-order valence-electron chi connectivity index (χ4n) is 2.46. The van der Waals surface area contributed by atoms with E-state index in [0.29, 0.717) is 5.92 Å². The van der Waals surface area contributed by atoms with Crippen LogP contribution in [0.4, 0.5) is 4.79 Å². The molecule has 0 saturated heterocycles. The van der Waals surface area contributed by atoms with Gasteiger partial charge in [0, 0.05) is 6.04 Å². The van der Waals surface area contributed by atoms with Crippen molar-refractivity contribution in [2.24, 2.45) is 5.73 Å². The van der Waals surface area contributed by atoms with Crippen LogP contribution in [0.2, 0.25) is 0 Å². The molecule has 0 aromatic heterocycles. The summed E-state index contributed by atoms with van der Waals surface area (Å²) in [5, 5.41) is 2.79. The molecule has 1 aliphatic carbocycles.